The van der Waals surface area contributed by atoms with Crippen molar-refractivity contribution in [3.8, 4) is 0 Å². The lowest BCUT2D eigenvalue weighted by Crippen LogP contribution is -2.46. The highest BCUT2D eigenvalue weighted by Crippen LogP contribution is 2.38. The van der Waals surface area contributed by atoms with Crippen molar-refractivity contribution in [3.05, 3.63) is 40.0 Å². The van der Waals surface area contributed by atoms with E-state index >= 15 is 0 Å². The molecule has 1 saturated carbocycles. The minimum atomic E-state index is 0.543. The highest BCUT2D eigenvalue weighted by atomic mass is 32.1. The Kier molecular flexibility index (Phi) is 4.55. The summed E-state index contributed by atoms with van der Waals surface area (Å²) >= 11 is 1.89. The highest BCUT2D eigenvalue weighted by Gasteiger charge is 2.28. The van der Waals surface area contributed by atoms with Gasteiger partial charge in [0.1, 0.15) is 11.6 Å². The molecule has 1 unspecified atom stereocenters. The van der Waals surface area contributed by atoms with Crippen LogP contribution in [0.5, 0.6) is 0 Å². The minimum absolute atomic E-state index is 0.543. The molecule has 0 bridgehead atoms. The normalized spacial score (nSPS) is 21.8. The molecule has 0 spiro atoms. The number of nitrogens with zero attached hydrogens (tertiary/aromatic N) is 4. The molecule has 4 nitrogen and oxygen atoms in total. The van der Waals surface area contributed by atoms with Gasteiger partial charge in [-0.25, -0.2) is 9.97 Å². The Morgan fingerprint density at radius 3 is 2.92 bits per heavy atom. The number of likely N-dealkylation sites (N-methyl/N-ethyl adjacent to an activating group) is 1. The molecule has 4 rings (SSSR count). The van der Waals surface area contributed by atoms with Crippen molar-refractivity contribution >= 4 is 17.2 Å². The molecular weight excluding hydrogens is 316 g/mol. The van der Waals surface area contributed by atoms with Crippen molar-refractivity contribution in [2.45, 2.75) is 51.1 Å². The van der Waals surface area contributed by atoms with Crippen LogP contribution in [0.2, 0.25) is 0 Å². The Labute approximate surface area is 148 Å². The van der Waals surface area contributed by atoms with Crippen LogP contribution in [-0.2, 0) is 6.54 Å². The lowest BCUT2D eigenvalue weighted by Gasteiger charge is -2.38. The first-order chi connectivity index (χ1) is 11.7. The molecule has 0 radical (unpaired) electrons. The lowest BCUT2D eigenvalue weighted by molar-refractivity contribution is 0.199. The van der Waals surface area contributed by atoms with E-state index in [9.17, 15) is 0 Å². The Morgan fingerprint density at radius 2 is 2.17 bits per heavy atom. The summed E-state index contributed by atoms with van der Waals surface area (Å²) < 4.78 is 0. The maximum atomic E-state index is 4.82. The number of aryl methyl sites for hydroxylation is 1. The Balaban J connectivity index is 1.43. The first kappa shape index (κ1) is 16.0. The van der Waals surface area contributed by atoms with E-state index < -0.39 is 0 Å². The smallest absolute Gasteiger partial charge is 0.133 e. The molecule has 2 aromatic rings. The molecule has 2 aromatic heterocycles. The summed E-state index contributed by atoms with van der Waals surface area (Å²) in [6, 6.07) is 4.84. The number of aromatic nitrogens is 2. The second kappa shape index (κ2) is 6.81. The number of hydrogen-bond acceptors (Lipinski definition) is 5. The van der Waals surface area contributed by atoms with Crippen LogP contribution in [0.1, 0.15) is 47.9 Å². The molecular formula is C19H26N4S. The van der Waals surface area contributed by atoms with Crippen LogP contribution < -0.4 is 4.90 Å². The number of piperidine rings is 1. The summed E-state index contributed by atoms with van der Waals surface area (Å²) in [5, 5.41) is 2.21. The average Bonchev–Trinajstić information content (AvgIpc) is 3.39. The first-order valence-corrected chi connectivity index (χ1v) is 9.90. The van der Waals surface area contributed by atoms with Gasteiger partial charge < -0.3 is 4.90 Å². The molecule has 1 aliphatic heterocycles. The molecule has 1 saturated heterocycles. The highest BCUT2D eigenvalue weighted by molar-refractivity contribution is 7.10. The zero-order valence-electron chi connectivity index (χ0n) is 14.6. The largest absolute Gasteiger partial charge is 0.355 e. The predicted molar refractivity (Wildman–Crippen MR) is 99.8 cm³/mol. The van der Waals surface area contributed by atoms with Crippen molar-refractivity contribution in [1.29, 1.82) is 0 Å². The molecule has 2 aliphatic rings. The van der Waals surface area contributed by atoms with Gasteiger partial charge in [-0.05, 0) is 62.2 Å². The molecule has 0 N–H and O–H groups in total. The number of likely N-dealkylation sites (tertiary alicyclic amines) is 1. The van der Waals surface area contributed by atoms with Gasteiger partial charge in [-0.15, -0.1) is 11.3 Å². The molecule has 0 aromatic carbocycles. The van der Waals surface area contributed by atoms with Gasteiger partial charge in [0.25, 0.3) is 0 Å². The second-order valence-corrected chi connectivity index (χ2v) is 8.22. The van der Waals surface area contributed by atoms with Crippen molar-refractivity contribution in [3.63, 3.8) is 0 Å². The topological polar surface area (TPSA) is 32.3 Å². The van der Waals surface area contributed by atoms with Gasteiger partial charge >= 0.3 is 0 Å². The molecule has 2 fully saturated rings. The standard InChI is InChI=1S/C19H26N4S/c1-14-8-11-24-17(14)13-23-10-3-4-16(12-23)22(2)18-7-9-20-19(21-18)15-5-6-15/h7-9,11,15-16H,3-6,10,12-13H2,1-2H3. The van der Waals surface area contributed by atoms with E-state index in [2.05, 4.69) is 46.3 Å². The van der Waals surface area contributed by atoms with Gasteiger partial charge in [-0.1, -0.05) is 0 Å². The SMILES string of the molecule is Cc1ccsc1CN1CCCC(N(C)c2ccnc(C3CC3)n2)C1. The summed E-state index contributed by atoms with van der Waals surface area (Å²) in [4.78, 5) is 15.8. The van der Waals surface area contributed by atoms with Gasteiger partial charge in [0.2, 0.25) is 0 Å². The molecule has 128 valence electrons. The van der Waals surface area contributed by atoms with Crippen LogP contribution in [-0.4, -0.2) is 41.0 Å². The minimum Gasteiger partial charge on any atom is -0.355 e. The van der Waals surface area contributed by atoms with Crippen molar-refractivity contribution in [1.82, 2.24) is 14.9 Å². The summed E-state index contributed by atoms with van der Waals surface area (Å²) in [6.07, 6.45) is 6.95. The third-order valence-electron chi connectivity index (χ3n) is 5.33. The summed E-state index contributed by atoms with van der Waals surface area (Å²) in [5.74, 6) is 2.75. The average molecular weight is 343 g/mol. The van der Waals surface area contributed by atoms with Crippen molar-refractivity contribution in [2.75, 3.05) is 25.0 Å². The fourth-order valence-electron chi connectivity index (χ4n) is 3.55. The van der Waals surface area contributed by atoms with Crippen molar-refractivity contribution in [2.24, 2.45) is 0 Å². The van der Waals surface area contributed by atoms with Crippen LogP contribution in [0, 0.1) is 6.92 Å². The third-order valence-corrected chi connectivity index (χ3v) is 6.33. The molecule has 1 aliphatic carbocycles. The molecule has 3 heterocycles. The molecule has 24 heavy (non-hydrogen) atoms. The fourth-order valence-corrected chi connectivity index (χ4v) is 4.49. The lowest BCUT2D eigenvalue weighted by atomic mass is 10.0. The zero-order valence-corrected chi connectivity index (χ0v) is 15.4. The quantitative estimate of drug-likeness (QED) is 0.827. The first-order valence-electron chi connectivity index (χ1n) is 9.02. The van der Waals surface area contributed by atoms with E-state index in [0.29, 0.717) is 12.0 Å². The van der Waals surface area contributed by atoms with Gasteiger partial charge in [-0.3, -0.25) is 4.90 Å². The second-order valence-electron chi connectivity index (χ2n) is 7.22. The van der Waals surface area contributed by atoms with Gasteiger partial charge in [0.05, 0.1) is 0 Å². The van der Waals surface area contributed by atoms with Gasteiger partial charge in [-0.2, -0.15) is 0 Å². The van der Waals surface area contributed by atoms with E-state index in [1.165, 1.54) is 42.7 Å². The van der Waals surface area contributed by atoms with Crippen LogP contribution in [0.15, 0.2) is 23.7 Å². The fraction of sp³-hybridized carbons (Fsp3) is 0.579. The third kappa shape index (κ3) is 3.47. The molecule has 1 atom stereocenters. The van der Waals surface area contributed by atoms with Crippen LogP contribution in [0.3, 0.4) is 0 Å². The Bertz CT molecular complexity index is 694. The van der Waals surface area contributed by atoms with E-state index in [1.54, 1.807) is 0 Å². The maximum Gasteiger partial charge on any atom is 0.133 e. The number of hydrogen-bond donors (Lipinski definition) is 0. The van der Waals surface area contributed by atoms with E-state index in [-0.39, 0.29) is 0 Å². The van der Waals surface area contributed by atoms with Crippen molar-refractivity contribution < 1.29 is 0 Å². The molecule has 5 heteroatoms. The Hall–Kier alpha value is -1.46. The maximum absolute atomic E-state index is 4.82. The summed E-state index contributed by atoms with van der Waals surface area (Å²) in [5.41, 5.74) is 1.43. The zero-order chi connectivity index (χ0) is 16.5. The van der Waals surface area contributed by atoms with Crippen LogP contribution in [0.25, 0.3) is 0 Å². The predicted octanol–water partition coefficient (Wildman–Crippen LogP) is 3.82. The number of anilines is 1. The molecule has 0 amide bonds. The van der Waals surface area contributed by atoms with Gasteiger partial charge in [0, 0.05) is 43.2 Å². The number of rotatable bonds is 5. The monoisotopic (exact) mass is 342 g/mol. The Morgan fingerprint density at radius 1 is 1.29 bits per heavy atom. The van der Waals surface area contributed by atoms with Crippen LogP contribution in [0.4, 0.5) is 5.82 Å². The number of thiophene rings is 1. The summed E-state index contributed by atoms with van der Waals surface area (Å²) in [7, 11) is 2.20. The van der Waals surface area contributed by atoms with Gasteiger partial charge in [0.15, 0.2) is 0 Å². The van der Waals surface area contributed by atoms with E-state index in [4.69, 9.17) is 4.98 Å². The van der Waals surface area contributed by atoms with E-state index in [1.807, 2.05) is 17.5 Å². The summed E-state index contributed by atoms with van der Waals surface area (Å²) in [6.45, 7) is 5.64. The van der Waals surface area contributed by atoms with E-state index in [0.717, 1.165) is 24.7 Å². The van der Waals surface area contributed by atoms with Crippen LogP contribution >= 0.6 is 11.3 Å².